The lowest BCUT2D eigenvalue weighted by Crippen LogP contribution is -2.52. The van der Waals surface area contributed by atoms with E-state index in [9.17, 15) is 5.11 Å². The molecule has 176 valence electrons. The maximum absolute atomic E-state index is 9.98. The SMILES string of the molecule is CCn1cc(-c2ccnc(Nc3cnn(C4CN(CC(C)(C)O)C4)c3)n2)c(-c2cccnc2)n1. The molecule has 4 aromatic heterocycles. The topological polar surface area (TPSA) is 110 Å². The molecule has 0 unspecified atom stereocenters. The van der Waals surface area contributed by atoms with E-state index in [1.165, 1.54) is 0 Å². The molecule has 0 amide bonds. The van der Waals surface area contributed by atoms with Crippen LogP contribution in [0.25, 0.3) is 22.5 Å². The fraction of sp³-hybridized carbons (Fsp3) is 0.375. The van der Waals surface area contributed by atoms with Gasteiger partial charge in [-0.3, -0.25) is 19.2 Å². The van der Waals surface area contributed by atoms with Gasteiger partial charge in [-0.05, 0) is 39.0 Å². The molecule has 1 aliphatic heterocycles. The van der Waals surface area contributed by atoms with Crippen LogP contribution in [0.1, 0.15) is 26.8 Å². The molecule has 2 N–H and O–H groups in total. The zero-order valence-electron chi connectivity index (χ0n) is 19.6. The first-order valence-corrected chi connectivity index (χ1v) is 11.4. The van der Waals surface area contributed by atoms with Gasteiger partial charge in [-0.2, -0.15) is 10.2 Å². The van der Waals surface area contributed by atoms with Gasteiger partial charge in [0.05, 0.1) is 29.2 Å². The number of aromatic nitrogens is 7. The quantitative estimate of drug-likeness (QED) is 0.414. The van der Waals surface area contributed by atoms with Crippen LogP contribution < -0.4 is 5.32 Å². The van der Waals surface area contributed by atoms with Gasteiger partial charge < -0.3 is 10.4 Å². The first kappa shape index (κ1) is 22.2. The number of nitrogens with one attached hydrogen (secondary N) is 1. The van der Waals surface area contributed by atoms with E-state index in [-0.39, 0.29) is 0 Å². The lowest BCUT2D eigenvalue weighted by Gasteiger charge is -2.41. The molecule has 1 aliphatic rings. The molecule has 5 heterocycles. The first-order valence-electron chi connectivity index (χ1n) is 11.4. The van der Waals surface area contributed by atoms with E-state index in [1.54, 1.807) is 18.6 Å². The number of hydrogen-bond donors (Lipinski definition) is 2. The number of aliphatic hydroxyl groups is 1. The Kier molecular flexibility index (Phi) is 5.84. The number of pyridine rings is 1. The van der Waals surface area contributed by atoms with Crippen molar-refractivity contribution in [1.29, 1.82) is 0 Å². The Labute approximate surface area is 198 Å². The number of likely N-dealkylation sites (tertiary alicyclic amines) is 1. The smallest absolute Gasteiger partial charge is 0.227 e. The van der Waals surface area contributed by atoms with Gasteiger partial charge in [-0.1, -0.05) is 0 Å². The second kappa shape index (κ2) is 8.96. The Morgan fingerprint density at radius 3 is 2.74 bits per heavy atom. The molecule has 0 saturated carbocycles. The summed E-state index contributed by atoms with van der Waals surface area (Å²) >= 11 is 0. The van der Waals surface area contributed by atoms with Gasteiger partial charge in [0.2, 0.25) is 5.95 Å². The van der Waals surface area contributed by atoms with Crippen LogP contribution in [0, 0.1) is 0 Å². The van der Waals surface area contributed by atoms with Crippen molar-refractivity contribution in [2.75, 3.05) is 25.0 Å². The lowest BCUT2D eigenvalue weighted by atomic mass is 10.0. The first-order chi connectivity index (χ1) is 16.4. The van der Waals surface area contributed by atoms with Crippen molar-refractivity contribution in [2.24, 2.45) is 0 Å². The molecule has 10 nitrogen and oxygen atoms in total. The van der Waals surface area contributed by atoms with E-state index in [4.69, 9.17) is 10.1 Å². The molecular formula is C24H29N9O. The fourth-order valence-electron chi connectivity index (χ4n) is 4.17. The van der Waals surface area contributed by atoms with Gasteiger partial charge in [0.25, 0.3) is 0 Å². The van der Waals surface area contributed by atoms with Crippen LogP contribution in [0.3, 0.4) is 0 Å². The van der Waals surface area contributed by atoms with Crippen molar-refractivity contribution < 1.29 is 5.11 Å². The molecule has 1 fully saturated rings. The van der Waals surface area contributed by atoms with E-state index in [0.29, 0.717) is 18.5 Å². The molecule has 0 aromatic carbocycles. The number of anilines is 2. The molecule has 0 radical (unpaired) electrons. The van der Waals surface area contributed by atoms with Gasteiger partial charge in [0, 0.05) is 68.3 Å². The molecule has 0 bridgehead atoms. The molecule has 0 atom stereocenters. The highest BCUT2D eigenvalue weighted by molar-refractivity contribution is 5.78. The Hall–Kier alpha value is -3.63. The molecule has 4 aromatic rings. The van der Waals surface area contributed by atoms with Crippen LogP contribution >= 0.6 is 0 Å². The van der Waals surface area contributed by atoms with Crippen molar-refractivity contribution in [2.45, 2.75) is 39.0 Å². The van der Waals surface area contributed by atoms with Gasteiger partial charge >= 0.3 is 0 Å². The van der Waals surface area contributed by atoms with Gasteiger partial charge in [0.1, 0.15) is 5.69 Å². The number of β-amino-alcohol motifs (C(OH)–C–C–N with tert-alkyl or cyclic N) is 1. The average Bonchev–Trinajstić information content (AvgIpc) is 3.43. The van der Waals surface area contributed by atoms with Crippen LogP contribution in [-0.4, -0.2) is 69.8 Å². The molecule has 1 saturated heterocycles. The van der Waals surface area contributed by atoms with Crippen molar-refractivity contribution in [1.82, 2.24) is 39.4 Å². The average molecular weight is 460 g/mol. The monoisotopic (exact) mass is 459 g/mol. The summed E-state index contributed by atoms with van der Waals surface area (Å²) in [6.45, 7) is 8.88. The Morgan fingerprint density at radius 1 is 1.15 bits per heavy atom. The number of hydrogen-bond acceptors (Lipinski definition) is 8. The van der Waals surface area contributed by atoms with E-state index in [2.05, 4.69) is 32.2 Å². The number of aryl methyl sites for hydroxylation is 1. The Balaban J connectivity index is 1.32. The summed E-state index contributed by atoms with van der Waals surface area (Å²) in [5, 5.41) is 22.5. The second-order valence-corrected chi connectivity index (χ2v) is 9.25. The maximum Gasteiger partial charge on any atom is 0.227 e. The Morgan fingerprint density at radius 2 is 2.00 bits per heavy atom. The third-order valence-corrected chi connectivity index (χ3v) is 5.73. The van der Waals surface area contributed by atoms with Crippen LogP contribution in [0.15, 0.2) is 55.4 Å². The third kappa shape index (κ3) is 4.82. The normalized spacial score (nSPS) is 14.8. The van der Waals surface area contributed by atoms with Gasteiger partial charge in [-0.15, -0.1) is 0 Å². The van der Waals surface area contributed by atoms with Crippen molar-refractivity contribution in [3.8, 4) is 22.5 Å². The van der Waals surface area contributed by atoms with Crippen LogP contribution in [0.2, 0.25) is 0 Å². The highest BCUT2D eigenvalue weighted by atomic mass is 16.3. The summed E-state index contributed by atoms with van der Waals surface area (Å²) in [6, 6.07) is 6.08. The molecule has 10 heteroatoms. The minimum absolute atomic E-state index is 0.298. The molecule has 0 aliphatic carbocycles. The van der Waals surface area contributed by atoms with Crippen LogP contribution in [0.4, 0.5) is 11.6 Å². The number of nitrogens with zero attached hydrogens (tertiary/aromatic N) is 8. The lowest BCUT2D eigenvalue weighted by molar-refractivity contribution is -0.00658. The summed E-state index contributed by atoms with van der Waals surface area (Å²) < 4.78 is 3.86. The summed E-state index contributed by atoms with van der Waals surface area (Å²) in [7, 11) is 0. The largest absolute Gasteiger partial charge is 0.389 e. The molecular weight excluding hydrogens is 430 g/mol. The minimum Gasteiger partial charge on any atom is -0.389 e. The van der Waals surface area contributed by atoms with E-state index in [1.807, 2.05) is 60.0 Å². The summed E-state index contributed by atoms with van der Waals surface area (Å²) in [5.74, 6) is 0.496. The molecule has 5 rings (SSSR count). The highest BCUT2D eigenvalue weighted by Gasteiger charge is 2.32. The predicted octanol–water partition coefficient (Wildman–Crippen LogP) is 2.99. The van der Waals surface area contributed by atoms with Gasteiger partial charge in [0.15, 0.2) is 0 Å². The summed E-state index contributed by atoms with van der Waals surface area (Å²) in [6.07, 6.45) is 11.1. The predicted molar refractivity (Wildman–Crippen MR) is 129 cm³/mol. The zero-order valence-corrected chi connectivity index (χ0v) is 19.6. The standard InChI is InChI=1S/C24H29N9O/c1-4-32-15-20(22(30-32)17-6-5-8-25-10-17)21-7-9-26-23(29-21)28-18-11-27-33(12-18)19-13-31(14-19)16-24(2,3)34/h5-12,15,19,34H,4,13-14,16H2,1-3H3,(H,26,28,29). The summed E-state index contributed by atoms with van der Waals surface area (Å²) in [5.41, 5.74) is 3.64. The minimum atomic E-state index is -0.686. The number of rotatable bonds is 8. The highest BCUT2D eigenvalue weighted by Crippen LogP contribution is 2.30. The van der Waals surface area contributed by atoms with Gasteiger partial charge in [-0.25, -0.2) is 9.97 Å². The van der Waals surface area contributed by atoms with Crippen LogP contribution in [0.5, 0.6) is 0 Å². The van der Waals surface area contributed by atoms with Crippen LogP contribution in [-0.2, 0) is 6.54 Å². The van der Waals surface area contributed by atoms with Crippen molar-refractivity contribution in [3.05, 3.63) is 55.4 Å². The Bertz CT molecular complexity index is 1250. The zero-order chi connectivity index (χ0) is 23.7. The molecule has 34 heavy (non-hydrogen) atoms. The van der Waals surface area contributed by atoms with Crippen molar-refractivity contribution >= 4 is 11.6 Å². The fourth-order valence-corrected chi connectivity index (χ4v) is 4.17. The van der Waals surface area contributed by atoms with E-state index in [0.717, 1.165) is 47.8 Å². The third-order valence-electron chi connectivity index (χ3n) is 5.73. The summed E-state index contributed by atoms with van der Waals surface area (Å²) in [4.78, 5) is 15.6. The maximum atomic E-state index is 9.98. The second-order valence-electron chi connectivity index (χ2n) is 9.25. The van der Waals surface area contributed by atoms with Crippen molar-refractivity contribution in [3.63, 3.8) is 0 Å². The van der Waals surface area contributed by atoms with E-state index < -0.39 is 5.60 Å². The molecule has 0 spiro atoms. The van der Waals surface area contributed by atoms with E-state index >= 15 is 0 Å².